The van der Waals surface area contributed by atoms with E-state index < -0.39 is 11.9 Å². The van der Waals surface area contributed by atoms with Crippen molar-refractivity contribution in [2.45, 2.75) is 51.5 Å². The summed E-state index contributed by atoms with van der Waals surface area (Å²) in [7, 11) is 1.79. The number of aryl methyl sites for hydroxylation is 1. The number of aliphatic hydroxyl groups excluding tert-OH is 1. The van der Waals surface area contributed by atoms with Crippen LogP contribution in [-0.2, 0) is 23.1 Å². The molecular weight excluding hydrogens is 461 g/mol. The van der Waals surface area contributed by atoms with Crippen LogP contribution in [0.3, 0.4) is 0 Å². The highest BCUT2D eigenvalue weighted by Gasteiger charge is 2.27. The summed E-state index contributed by atoms with van der Waals surface area (Å²) < 4.78 is 33.8. The second kappa shape index (κ2) is 12.5. The van der Waals surface area contributed by atoms with Gasteiger partial charge in [-0.25, -0.2) is 9.07 Å². The molecule has 1 aliphatic heterocycles. The van der Waals surface area contributed by atoms with E-state index >= 15 is 0 Å². The predicted molar refractivity (Wildman–Crippen MR) is 136 cm³/mol. The minimum atomic E-state index is -0.665. The van der Waals surface area contributed by atoms with Gasteiger partial charge in [-0.1, -0.05) is 42.5 Å². The van der Waals surface area contributed by atoms with Crippen LogP contribution in [0.15, 0.2) is 54.6 Å². The van der Waals surface area contributed by atoms with Crippen molar-refractivity contribution in [1.29, 1.82) is 0 Å². The number of aromatic nitrogens is 2. The van der Waals surface area contributed by atoms with Crippen LogP contribution in [0.5, 0.6) is 11.6 Å². The summed E-state index contributed by atoms with van der Waals surface area (Å²) >= 11 is 0. The third kappa shape index (κ3) is 6.91. The molecule has 1 aromatic heterocycles. The van der Waals surface area contributed by atoms with Gasteiger partial charge in [0.2, 0.25) is 5.88 Å². The van der Waals surface area contributed by atoms with Gasteiger partial charge in [0.25, 0.3) is 0 Å². The average Bonchev–Trinajstić information content (AvgIpc) is 3.48. The minimum Gasteiger partial charge on any atom is -0.436 e. The molecule has 0 amide bonds. The zero-order valence-corrected chi connectivity index (χ0v) is 21.3. The zero-order chi connectivity index (χ0) is 25.5. The Morgan fingerprint density at radius 1 is 1.17 bits per heavy atom. The molecule has 1 N–H and O–H groups in total. The Kier molecular flexibility index (Phi) is 9.09. The number of halogens is 1. The lowest BCUT2D eigenvalue weighted by atomic mass is 10.1. The highest BCUT2D eigenvalue weighted by Crippen LogP contribution is 2.35. The maximum absolute atomic E-state index is 14.5. The lowest BCUT2D eigenvalue weighted by Gasteiger charge is -2.28. The van der Waals surface area contributed by atoms with Crippen molar-refractivity contribution in [3.05, 3.63) is 66.0 Å². The van der Waals surface area contributed by atoms with Crippen LogP contribution in [0.4, 0.5) is 4.39 Å². The number of hydrogen-bond acceptors (Lipinski definition) is 6. The molecule has 194 valence electrons. The highest BCUT2D eigenvalue weighted by molar-refractivity contribution is 5.65. The average molecular weight is 498 g/mol. The van der Waals surface area contributed by atoms with E-state index in [2.05, 4.69) is 4.90 Å². The normalized spacial score (nSPS) is 16.7. The van der Waals surface area contributed by atoms with Crippen molar-refractivity contribution in [1.82, 2.24) is 14.7 Å². The maximum Gasteiger partial charge on any atom is 0.222 e. The van der Waals surface area contributed by atoms with Crippen molar-refractivity contribution in [2.75, 3.05) is 26.3 Å². The highest BCUT2D eigenvalue weighted by atomic mass is 19.1. The van der Waals surface area contributed by atoms with Crippen LogP contribution in [0.25, 0.3) is 11.3 Å². The number of hydrogen-bond donors (Lipinski definition) is 1. The Bertz CT molecular complexity index is 1100. The Hall–Kier alpha value is -2.78. The van der Waals surface area contributed by atoms with Gasteiger partial charge in [-0.3, -0.25) is 4.90 Å². The molecule has 7 nitrogen and oxygen atoms in total. The molecule has 0 aliphatic carbocycles. The first-order chi connectivity index (χ1) is 17.4. The minimum absolute atomic E-state index is 0.0371. The molecule has 36 heavy (non-hydrogen) atoms. The molecule has 0 unspecified atom stereocenters. The summed E-state index contributed by atoms with van der Waals surface area (Å²) in [6, 6.07) is 16.2. The Labute approximate surface area is 212 Å². The topological polar surface area (TPSA) is 69.0 Å². The van der Waals surface area contributed by atoms with Crippen molar-refractivity contribution in [2.24, 2.45) is 7.05 Å². The van der Waals surface area contributed by atoms with E-state index in [0.29, 0.717) is 25.5 Å². The van der Waals surface area contributed by atoms with Crippen molar-refractivity contribution in [3.8, 4) is 22.9 Å². The van der Waals surface area contributed by atoms with E-state index in [1.807, 2.05) is 44.2 Å². The molecule has 2 heterocycles. The number of benzene rings is 2. The van der Waals surface area contributed by atoms with Crippen LogP contribution >= 0.6 is 0 Å². The van der Waals surface area contributed by atoms with Gasteiger partial charge < -0.3 is 19.3 Å². The van der Waals surface area contributed by atoms with Crippen molar-refractivity contribution < 1.29 is 23.7 Å². The molecule has 8 heteroatoms. The van der Waals surface area contributed by atoms with Gasteiger partial charge in [-0.2, -0.15) is 5.10 Å². The van der Waals surface area contributed by atoms with Gasteiger partial charge in [0.1, 0.15) is 5.69 Å². The number of rotatable bonds is 12. The standard InChI is InChI=1S/C28H36FN3O4/c1-20(2)35-19-22(33)16-32(17-23-12-9-15-34-23)18-24-27(21-10-5-4-6-11-21)30-31(3)28(24)36-26-14-8-7-13-25(26)29/h4-8,10-11,13-14,20,22-23,33H,9,12,15-19H2,1-3H3/t22-,23-/m0/s1. The first kappa shape index (κ1) is 26.3. The third-order valence-electron chi connectivity index (χ3n) is 6.14. The van der Waals surface area contributed by atoms with Crippen molar-refractivity contribution >= 4 is 0 Å². The van der Waals surface area contributed by atoms with Gasteiger partial charge in [0.05, 0.1) is 30.5 Å². The largest absolute Gasteiger partial charge is 0.436 e. The second-order valence-corrected chi connectivity index (χ2v) is 9.52. The van der Waals surface area contributed by atoms with Crippen LogP contribution in [-0.4, -0.2) is 64.4 Å². The Morgan fingerprint density at radius 3 is 2.61 bits per heavy atom. The van der Waals surface area contributed by atoms with Crippen LogP contribution in [0.1, 0.15) is 32.3 Å². The molecule has 0 spiro atoms. The summed E-state index contributed by atoms with van der Waals surface area (Å²) in [4.78, 5) is 2.15. The number of nitrogens with zero attached hydrogens (tertiary/aromatic N) is 3. The van der Waals surface area contributed by atoms with E-state index in [4.69, 9.17) is 19.3 Å². The summed E-state index contributed by atoms with van der Waals surface area (Å²) in [5, 5.41) is 15.5. The summed E-state index contributed by atoms with van der Waals surface area (Å²) in [5.74, 6) is 0.157. The Balaban J connectivity index is 1.67. The zero-order valence-electron chi connectivity index (χ0n) is 21.3. The molecule has 1 aliphatic rings. The second-order valence-electron chi connectivity index (χ2n) is 9.52. The fraction of sp³-hybridized carbons (Fsp3) is 0.464. The van der Waals surface area contributed by atoms with E-state index in [-0.39, 0.29) is 24.6 Å². The van der Waals surface area contributed by atoms with E-state index in [1.54, 1.807) is 29.9 Å². The van der Waals surface area contributed by atoms with E-state index in [0.717, 1.165) is 36.3 Å². The number of para-hydroxylation sites is 1. The van der Waals surface area contributed by atoms with E-state index in [9.17, 15) is 9.50 Å². The summed E-state index contributed by atoms with van der Waals surface area (Å²) in [5.41, 5.74) is 2.52. The number of aliphatic hydroxyl groups is 1. The van der Waals surface area contributed by atoms with Gasteiger partial charge >= 0.3 is 0 Å². The van der Waals surface area contributed by atoms with Gasteiger partial charge in [0.15, 0.2) is 11.6 Å². The van der Waals surface area contributed by atoms with Crippen LogP contribution in [0.2, 0.25) is 0 Å². The van der Waals surface area contributed by atoms with Gasteiger partial charge in [-0.15, -0.1) is 0 Å². The van der Waals surface area contributed by atoms with Gasteiger partial charge in [-0.05, 0) is 38.8 Å². The first-order valence-corrected chi connectivity index (χ1v) is 12.6. The molecule has 3 aromatic rings. The molecular formula is C28H36FN3O4. The molecule has 2 atom stereocenters. The van der Waals surface area contributed by atoms with E-state index in [1.165, 1.54) is 6.07 Å². The van der Waals surface area contributed by atoms with Gasteiger partial charge in [0, 0.05) is 38.9 Å². The summed E-state index contributed by atoms with van der Waals surface area (Å²) in [6.07, 6.45) is 1.47. The van der Waals surface area contributed by atoms with Crippen molar-refractivity contribution in [3.63, 3.8) is 0 Å². The lowest BCUT2D eigenvalue weighted by molar-refractivity contribution is -0.0172. The molecule has 0 saturated carbocycles. The quantitative estimate of drug-likeness (QED) is 0.388. The first-order valence-electron chi connectivity index (χ1n) is 12.6. The molecule has 1 fully saturated rings. The number of ether oxygens (including phenoxy) is 3. The van der Waals surface area contributed by atoms with Crippen LogP contribution in [0, 0.1) is 5.82 Å². The van der Waals surface area contributed by atoms with Crippen LogP contribution < -0.4 is 4.74 Å². The third-order valence-corrected chi connectivity index (χ3v) is 6.14. The monoisotopic (exact) mass is 497 g/mol. The molecule has 0 radical (unpaired) electrons. The smallest absolute Gasteiger partial charge is 0.222 e. The molecule has 1 saturated heterocycles. The fourth-order valence-electron chi connectivity index (χ4n) is 4.44. The SMILES string of the molecule is CC(C)OC[C@@H](O)CN(Cc1c(-c2ccccc2)nn(C)c1Oc1ccccc1F)C[C@@H]1CCCO1. The Morgan fingerprint density at radius 2 is 1.92 bits per heavy atom. The molecule has 2 aromatic carbocycles. The fourth-order valence-corrected chi connectivity index (χ4v) is 4.44. The summed E-state index contributed by atoms with van der Waals surface area (Å²) in [6.45, 7) is 6.39. The lowest BCUT2D eigenvalue weighted by Crippen LogP contribution is -2.39. The molecule has 0 bridgehead atoms. The molecule has 4 rings (SSSR count). The predicted octanol–water partition coefficient (Wildman–Crippen LogP) is 4.79. The maximum atomic E-state index is 14.5.